The standard InChI is InChI=1S/C21H20N2O2S2/c1-2-13-22-19-18(24)23(15-17-11-7-4-8-12-17)21(20(22)25,27-26-19)14-16-9-5-3-6-10-16/h2-12,19H,1,13-15H2/t19-,21-/m0/s1. The van der Waals surface area contributed by atoms with E-state index in [0.29, 0.717) is 19.5 Å². The van der Waals surface area contributed by atoms with Gasteiger partial charge in [-0.05, 0) is 11.1 Å². The van der Waals surface area contributed by atoms with Crippen molar-refractivity contribution in [1.29, 1.82) is 0 Å². The predicted octanol–water partition coefficient (Wildman–Crippen LogP) is 3.70. The van der Waals surface area contributed by atoms with E-state index >= 15 is 0 Å². The van der Waals surface area contributed by atoms with Crippen LogP contribution in [0.15, 0.2) is 73.3 Å². The maximum Gasteiger partial charge on any atom is 0.261 e. The number of nitrogens with zero attached hydrogens (tertiary/aromatic N) is 2. The first-order chi connectivity index (χ1) is 13.2. The second-order valence-electron chi connectivity index (χ2n) is 6.63. The van der Waals surface area contributed by atoms with Gasteiger partial charge in [-0.15, -0.1) is 6.58 Å². The molecule has 138 valence electrons. The molecule has 2 amide bonds. The topological polar surface area (TPSA) is 40.6 Å². The fourth-order valence-electron chi connectivity index (χ4n) is 3.55. The van der Waals surface area contributed by atoms with Crippen molar-refractivity contribution in [1.82, 2.24) is 9.80 Å². The molecule has 27 heavy (non-hydrogen) atoms. The molecule has 3 aliphatic heterocycles. The van der Waals surface area contributed by atoms with Crippen LogP contribution >= 0.6 is 21.6 Å². The molecule has 6 heteroatoms. The fraction of sp³-hybridized carbons (Fsp3) is 0.238. The smallest absolute Gasteiger partial charge is 0.261 e. The molecule has 2 bridgehead atoms. The van der Waals surface area contributed by atoms with E-state index in [2.05, 4.69) is 6.58 Å². The van der Waals surface area contributed by atoms with E-state index in [0.717, 1.165) is 11.1 Å². The largest absolute Gasteiger partial charge is 0.315 e. The van der Waals surface area contributed by atoms with Crippen molar-refractivity contribution in [3.05, 3.63) is 84.4 Å². The van der Waals surface area contributed by atoms with Gasteiger partial charge in [0.05, 0.1) is 0 Å². The van der Waals surface area contributed by atoms with Crippen molar-refractivity contribution in [3.8, 4) is 0 Å². The van der Waals surface area contributed by atoms with Gasteiger partial charge in [0.2, 0.25) is 0 Å². The second-order valence-corrected chi connectivity index (χ2v) is 9.19. The highest BCUT2D eigenvalue weighted by Gasteiger charge is 2.61. The number of carbonyl (C=O) groups excluding carboxylic acids is 2. The molecule has 0 spiro atoms. The highest BCUT2D eigenvalue weighted by molar-refractivity contribution is 8.78. The molecule has 4 nitrogen and oxygen atoms in total. The minimum atomic E-state index is -0.934. The molecule has 2 atom stereocenters. The number of rotatable bonds is 6. The lowest BCUT2D eigenvalue weighted by Crippen LogP contribution is -2.72. The summed E-state index contributed by atoms with van der Waals surface area (Å²) in [6, 6.07) is 19.8. The number of benzene rings is 2. The van der Waals surface area contributed by atoms with Crippen molar-refractivity contribution in [2.45, 2.75) is 23.2 Å². The minimum Gasteiger partial charge on any atom is -0.315 e. The highest BCUT2D eigenvalue weighted by Crippen LogP contribution is 2.55. The van der Waals surface area contributed by atoms with Crippen LogP contribution in [0.25, 0.3) is 0 Å². The van der Waals surface area contributed by atoms with Gasteiger partial charge in [-0.25, -0.2) is 0 Å². The van der Waals surface area contributed by atoms with Crippen LogP contribution < -0.4 is 0 Å². The Hall–Kier alpha value is -2.18. The van der Waals surface area contributed by atoms with Crippen molar-refractivity contribution < 1.29 is 9.59 Å². The maximum absolute atomic E-state index is 13.5. The van der Waals surface area contributed by atoms with Gasteiger partial charge in [0.1, 0.15) is 0 Å². The quantitative estimate of drug-likeness (QED) is 0.551. The third kappa shape index (κ3) is 3.17. The normalized spacial score (nSPS) is 24.4. The van der Waals surface area contributed by atoms with E-state index in [-0.39, 0.29) is 11.8 Å². The third-order valence-electron chi connectivity index (χ3n) is 4.86. The van der Waals surface area contributed by atoms with Gasteiger partial charge in [0.15, 0.2) is 10.2 Å². The molecule has 0 unspecified atom stereocenters. The predicted molar refractivity (Wildman–Crippen MR) is 111 cm³/mol. The SMILES string of the molecule is C=CCN1C(=O)[C@]2(Cc3ccccc3)SS[C@H]1C(=O)N2Cc1ccccc1. The Kier molecular flexibility index (Phi) is 5.02. The molecule has 0 aliphatic carbocycles. The molecular weight excluding hydrogens is 376 g/mol. The number of hydrogen-bond acceptors (Lipinski definition) is 4. The Morgan fingerprint density at radius 1 is 1.00 bits per heavy atom. The Morgan fingerprint density at radius 3 is 2.26 bits per heavy atom. The zero-order valence-electron chi connectivity index (χ0n) is 14.8. The number of carbonyl (C=O) groups is 2. The molecule has 3 aliphatic rings. The molecule has 3 fully saturated rings. The average molecular weight is 397 g/mol. The molecule has 0 saturated carbocycles. The molecule has 0 aromatic heterocycles. The summed E-state index contributed by atoms with van der Waals surface area (Å²) in [7, 11) is 3.01. The summed E-state index contributed by atoms with van der Waals surface area (Å²) >= 11 is 0. The van der Waals surface area contributed by atoms with Crippen LogP contribution in [0.5, 0.6) is 0 Å². The number of hydrogen-bond donors (Lipinski definition) is 0. The molecule has 2 aromatic rings. The van der Waals surface area contributed by atoms with Crippen LogP contribution in [-0.2, 0) is 22.6 Å². The summed E-state index contributed by atoms with van der Waals surface area (Å²) in [5.74, 6) is -0.00415. The number of piperazine rings is 1. The van der Waals surface area contributed by atoms with Gasteiger partial charge in [-0.1, -0.05) is 88.3 Å². The zero-order chi connectivity index (χ0) is 18.9. The average Bonchev–Trinajstić information content (AvgIpc) is 2.70. The summed E-state index contributed by atoms with van der Waals surface area (Å²) in [5.41, 5.74) is 2.07. The van der Waals surface area contributed by atoms with Crippen molar-refractivity contribution >= 4 is 33.4 Å². The lowest BCUT2D eigenvalue weighted by atomic mass is 9.98. The molecule has 5 rings (SSSR count). The first-order valence-corrected chi connectivity index (χ1v) is 11.0. The van der Waals surface area contributed by atoms with E-state index < -0.39 is 10.2 Å². The Labute approximate surface area is 167 Å². The van der Waals surface area contributed by atoms with Crippen LogP contribution in [-0.4, -0.2) is 38.4 Å². The van der Waals surface area contributed by atoms with Crippen LogP contribution in [0.2, 0.25) is 0 Å². The van der Waals surface area contributed by atoms with E-state index in [4.69, 9.17) is 0 Å². The van der Waals surface area contributed by atoms with Crippen LogP contribution in [0, 0.1) is 0 Å². The third-order valence-corrected chi connectivity index (χ3v) is 8.08. The van der Waals surface area contributed by atoms with Gasteiger partial charge in [0, 0.05) is 19.5 Å². The second kappa shape index (κ2) is 7.44. The van der Waals surface area contributed by atoms with Crippen molar-refractivity contribution in [2.24, 2.45) is 0 Å². The summed E-state index contributed by atoms with van der Waals surface area (Å²) < 4.78 is 0. The summed E-state index contributed by atoms with van der Waals surface area (Å²) in [5, 5.41) is -0.484. The van der Waals surface area contributed by atoms with Gasteiger partial charge < -0.3 is 9.80 Å². The first-order valence-electron chi connectivity index (χ1n) is 8.81. The Bertz CT molecular complexity index is 859. The molecule has 3 heterocycles. The van der Waals surface area contributed by atoms with Crippen molar-refractivity contribution in [2.75, 3.05) is 6.54 Å². The highest BCUT2D eigenvalue weighted by atomic mass is 33.1. The molecule has 0 radical (unpaired) electrons. The van der Waals surface area contributed by atoms with Crippen molar-refractivity contribution in [3.63, 3.8) is 0 Å². The Balaban J connectivity index is 1.75. The van der Waals surface area contributed by atoms with E-state index in [9.17, 15) is 9.59 Å². The lowest BCUT2D eigenvalue weighted by molar-refractivity contribution is -0.160. The molecule has 3 saturated heterocycles. The van der Waals surface area contributed by atoms with Gasteiger partial charge >= 0.3 is 0 Å². The Morgan fingerprint density at radius 2 is 1.63 bits per heavy atom. The molecule has 0 N–H and O–H groups in total. The van der Waals surface area contributed by atoms with E-state index in [1.807, 2.05) is 60.7 Å². The number of amides is 2. The van der Waals surface area contributed by atoms with Crippen LogP contribution in [0.4, 0.5) is 0 Å². The van der Waals surface area contributed by atoms with Gasteiger partial charge in [-0.2, -0.15) is 0 Å². The fourth-order valence-corrected chi connectivity index (χ4v) is 6.93. The monoisotopic (exact) mass is 396 g/mol. The van der Waals surface area contributed by atoms with E-state index in [1.54, 1.807) is 15.9 Å². The minimum absolute atomic E-state index is 0.0000146. The zero-order valence-corrected chi connectivity index (χ0v) is 16.4. The summed E-state index contributed by atoms with van der Waals surface area (Å²) in [4.78, 5) is 29.3. The molecular formula is C21H20N2O2S2. The summed E-state index contributed by atoms with van der Waals surface area (Å²) in [6.07, 6.45) is 2.18. The first kappa shape index (κ1) is 18.2. The lowest BCUT2D eigenvalue weighted by Gasteiger charge is -2.55. The van der Waals surface area contributed by atoms with Gasteiger partial charge in [0.25, 0.3) is 11.8 Å². The van der Waals surface area contributed by atoms with E-state index in [1.165, 1.54) is 21.6 Å². The maximum atomic E-state index is 13.5. The number of fused-ring (bicyclic) bond motifs is 3. The van der Waals surface area contributed by atoms with Crippen LogP contribution in [0.3, 0.4) is 0 Å². The summed E-state index contributed by atoms with van der Waals surface area (Å²) in [6.45, 7) is 4.58. The van der Waals surface area contributed by atoms with Gasteiger partial charge in [-0.3, -0.25) is 9.59 Å². The van der Waals surface area contributed by atoms with Crippen LogP contribution in [0.1, 0.15) is 11.1 Å². The molecule has 2 aromatic carbocycles.